The van der Waals surface area contributed by atoms with Gasteiger partial charge in [-0.05, 0) is 19.4 Å². The summed E-state index contributed by atoms with van der Waals surface area (Å²) in [5.74, 6) is -0.857. The summed E-state index contributed by atoms with van der Waals surface area (Å²) < 4.78 is 0. The van der Waals surface area contributed by atoms with E-state index in [-0.39, 0.29) is 12.3 Å². The average Bonchev–Trinajstić information content (AvgIpc) is 2.90. The van der Waals surface area contributed by atoms with E-state index in [1.165, 1.54) is 0 Å². The normalized spacial score (nSPS) is 17.0. The van der Waals surface area contributed by atoms with E-state index < -0.39 is 17.3 Å². The van der Waals surface area contributed by atoms with Gasteiger partial charge in [0.05, 0.1) is 6.42 Å². The van der Waals surface area contributed by atoms with Gasteiger partial charge >= 0.3 is 0 Å². The highest BCUT2D eigenvalue weighted by Gasteiger charge is 2.31. The fourth-order valence-electron chi connectivity index (χ4n) is 1.90. The molecule has 2 rings (SSSR count). The maximum atomic E-state index is 12.2. The van der Waals surface area contributed by atoms with Crippen molar-refractivity contribution in [2.75, 3.05) is 0 Å². The van der Waals surface area contributed by atoms with Gasteiger partial charge < -0.3 is 25.9 Å². The zero-order valence-corrected chi connectivity index (χ0v) is 13.4. The number of carbonyl (C=O) groups excluding carboxylic acids is 1. The molecule has 0 bridgehead atoms. The van der Waals surface area contributed by atoms with E-state index in [1.54, 1.807) is 0 Å². The minimum atomic E-state index is -0.710. The van der Waals surface area contributed by atoms with Crippen molar-refractivity contribution in [1.82, 2.24) is 5.32 Å². The predicted octanol–water partition coefficient (Wildman–Crippen LogP) is 0.934. The van der Waals surface area contributed by atoms with Crippen molar-refractivity contribution in [2.45, 2.75) is 32.5 Å². The Bertz CT molecular complexity index is 682. The summed E-state index contributed by atoms with van der Waals surface area (Å²) in [4.78, 5) is 22.5. The lowest BCUT2D eigenvalue weighted by atomic mass is 10.1. The third kappa shape index (κ3) is 4.70. The number of nitrogens with one attached hydrogen (secondary N) is 1. The molecule has 1 heterocycles. The van der Waals surface area contributed by atoms with Crippen LogP contribution < -0.4 is 11.1 Å². The second-order valence-electron chi connectivity index (χ2n) is 5.70. The summed E-state index contributed by atoms with van der Waals surface area (Å²) in [6.07, 6.45) is 0.410. The number of amides is 1. The molecule has 0 spiro atoms. The Balaban J connectivity index is 2.02. The van der Waals surface area contributed by atoms with Crippen molar-refractivity contribution in [2.24, 2.45) is 21.2 Å². The van der Waals surface area contributed by atoms with E-state index in [9.17, 15) is 4.79 Å². The van der Waals surface area contributed by atoms with Gasteiger partial charge in [-0.2, -0.15) is 0 Å². The van der Waals surface area contributed by atoms with Crippen molar-refractivity contribution >= 4 is 23.3 Å². The first-order valence-electron chi connectivity index (χ1n) is 7.19. The maximum Gasteiger partial charge on any atom is 0.282 e. The van der Waals surface area contributed by atoms with Crippen LogP contribution in [0.25, 0.3) is 0 Å². The molecule has 0 saturated carbocycles. The maximum absolute atomic E-state index is 12.2. The van der Waals surface area contributed by atoms with E-state index >= 15 is 0 Å². The van der Waals surface area contributed by atoms with Crippen LogP contribution in [0, 0.1) is 0 Å². The van der Waals surface area contributed by atoms with E-state index in [0.29, 0.717) is 12.3 Å². The highest BCUT2D eigenvalue weighted by molar-refractivity contribution is 6.66. The molecule has 0 radical (unpaired) electrons. The van der Waals surface area contributed by atoms with Gasteiger partial charge in [0.1, 0.15) is 12.2 Å². The largest absolute Gasteiger partial charge is 0.409 e. The monoisotopic (exact) mass is 333 g/mol. The Labute approximate surface area is 138 Å². The Morgan fingerprint density at radius 2 is 2.17 bits per heavy atom. The second kappa shape index (κ2) is 7.44. The molecule has 128 valence electrons. The Hall–Kier alpha value is -3.10. The number of oxime groups is 3. The van der Waals surface area contributed by atoms with Crippen LogP contribution in [0.3, 0.4) is 0 Å². The molecule has 1 aliphatic heterocycles. The van der Waals surface area contributed by atoms with Gasteiger partial charge in [0.15, 0.2) is 11.7 Å². The van der Waals surface area contributed by atoms with Gasteiger partial charge in [-0.3, -0.25) is 4.79 Å². The highest BCUT2D eigenvalue weighted by atomic mass is 16.7. The average molecular weight is 333 g/mol. The molecule has 1 amide bonds. The number of carbonyl (C=O) groups is 1. The van der Waals surface area contributed by atoms with Crippen molar-refractivity contribution in [3.8, 4) is 0 Å². The Kier molecular flexibility index (Phi) is 5.35. The molecule has 4 N–H and O–H groups in total. The molecule has 1 aliphatic rings. The molecule has 1 aromatic carbocycles. The molecule has 9 heteroatoms. The highest BCUT2D eigenvalue weighted by Crippen LogP contribution is 2.20. The van der Waals surface area contributed by atoms with Crippen LogP contribution in [-0.2, 0) is 21.1 Å². The minimum absolute atomic E-state index is 0.132. The SMILES string of the molecule is CC1(C)CC(NC(=O)C(=N/OCc2ccccc2)/C(N)=N/O)=NO1. The zero-order chi connectivity index (χ0) is 17.6. The molecule has 0 fully saturated rings. The first-order valence-corrected chi connectivity index (χ1v) is 7.19. The van der Waals surface area contributed by atoms with Crippen LogP contribution in [0.1, 0.15) is 25.8 Å². The lowest BCUT2D eigenvalue weighted by Gasteiger charge is -2.13. The molecule has 0 atom stereocenters. The first-order chi connectivity index (χ1) is 11.4. The number of amidine groups is 2. The molecule has 0 saturated heterocycles. The Morgan fingerprint density at radius 3 is 2.75 bits per heavy atom. The van der Waals surface area contributed by atoms with Crippen LogP contribution in [0.5, 0.6) is 0 Å². The number of rotatable bonds is 5. The van der Waals surface area contributed by atoms with E-state index in [0.717, 1.165) is 5.56 Å². The van der Waals surface area contributed by atoms with Crippen LogP contribution in [0.4, 0.5) is 0 Å². The second-order valence-corrected chi connectivity index (χ2v) is 5.70. The van der Waals surface area contributed by atoms with Crippen LogP contribution in [-0.4, -0.2) is 34.1 Å². The van der Waals surface area contributed by atoms with E-state index in [1.807, 2.05) is 44.2 Å². The van der Waals surface area contributed by atoms with Gasteiger partial charge in [-0.25, -0.2) is 0 Å². The summed E-state index contributed by atoms with van der Waals surface area (Å²) >= 11 is 0. The summed E-state index contributed by atoms with van der Waals surface area (Å²) in [6, 6.07) is 9.24. The van der Waals surface area contributed by atoms with Crippen LogP contribution in [0.2, 0.25) is 0 Å². The molecular formula is C15H19N5O4. The summed E-state index contributed by atoms with van der Waals surface area (Å²) in [7, 11) is 0. The summed E-state index contributed by atoms with van der Waals surface area (Å²) in [6.45, 7) is 3.79. The Morgan fingerprint density at radius 1 is 1.46 bits per heavy atom. The number of benzene rings is 1. The van der Waals surface area contributed by atoms with Crippen molar-refractivity contribution in [3.63, 3.8) is 0 Å². The molecular weight excluding hydrogens is 314 g/mol. The van der Waals surface area contributed by atoms with Gasteiger partial charge in [0.2, 0.25) is 5.71 Å². The number of nitrogens with zero attached hydrogens (tertiary/aromatic N) is 3. The number of nitrogens with two attached hydrogens (primary N) is 1. The van der Waals surface area contributed by atoms with E-state index in [4.69, 9.17) is 20.6 Å². The number of hydrogen-bond donors (Lipinski definition) is 3. The topological polar surface area (TPSA) is 131 Å². The standard InChI is InChI=1S/C15H19N5O4/c1-15(2)8-11(19-24-15)17-14(21)12(13(16)18-22)20-23-9-10-6-4-3-5-7-10/h3-7,22H,8-9H2,1-2H3,(H2,16,18)(H,17,19,21)/b20-12+. The molecule has 24 heavy (non-hydrogen) atoms. The van der Waals surface area contributed by atoms with Crippen molar-refractivity contribution < 1.29 is 19.7 Å². The van der Waals surface area contributed by atoms with Crippen LogP contribution >= 0.6 is 0 Å². The lowest BCUT2D eigenvalue weighted by Crippen LogP contribution is -2.42. The fraction of sp³-hybridized carbons (Fsp3) is 0.333. The van der Waals surface area contributed by atoms with Gasteiger partial charge in [-0.1, -0.05) is 45.8 Å². The fourth-order valence-corrected chi connectivity index (χ4v) is 1.90. The summed E-state index contributed by atoms with van der Waals surface area (Å²) in [5, 5.41) is 21.5. The van der Waals surface area contributed by atoms with Gasteiger partial charge in [0, 0.05) is 0 Å². The molecule has 1 aromatic rings. The molecule has 9 nitrogen and oxygen atoms in total. The molecule has 0 unspecified atom stereocenters. The molecule has 0 aliphatic carbocycles. The van der Waals surface area contributed by atoms with E-state index in [2.05, 4.69) is 20.8 Å². The van der Waals surface area contributed by atoms with Gasteiger partial charge in [0.25, 0.3) is 5.91 Å². The predicted molar refractivity (Wildman–Crippen MR) is 87.4 cm³/mol. The molecule has 0 aromatic heterocycles. The third-order valence-electron chi connectivity index (χ3n) is 3.05. The van der Waals surface area contributed by atoms with Crippen molar-refractivity contribution in [1.29, 1.82) is 0 Å². The summed E-state index contributed by atoms with van der Waals surface area (Å²) in [5.41, 5.74) is 5.48. The van der Waals surface area contributed by atoms with Gasteiger partial charge in [-0.15, -0.1) is 0 Å². The van der Waals surface area contributed by atoms with Crippen molar-refractivity contribution in [3.05, 3.63) is 35.9 Å². The lowest BCUT2D eigenvalue weighted by molar-refractivity contribution is -0.113. The smallest absolute Gasteiger partial charge is 0.282 e. The number of hydrogen-bond acceptors (Lipinski definition) is 7. The van der Waals surface area contributed by atoms with Crippen LogP contribution in [0.15, 0.2) is 45.8 Å². The zero-order valence-electron chi connectivity index (χ0n) is 13.4. The quantitative estimate of drug-likeness (QED) is 0.319. The first kappa shape index (κ1) is 17.3. The minimum Gasteiger partial charge on any atom is -0.409 e. The third-order valence-corrected chi connectivity index (χ3v) is 3.05.